The molecule has 0 aliphatic carbocycles. The van der Waals surface area contributed by atoms with Crippen LogP contribution in [0, 0.1) is 0 Å². The molecule has 204 valence electrons. The molecule has 0 bridgehead atoms. The van der Waals surface area contributed by atoms with Crippen LogP contribution in [0.4, 0.5) is 0 Å². The second-order valence-corrected chi connectivity index (χ2v) is 8.11. The van der Waals surface area contributed by atoms with Gasteiger partial charge in [-0.1, -0.05) is 115 Å². The zero-order chi connectivity index (χ0) is 28.8. The van der Waals surface area contributed by atoms with E-state index in [1.807, 2.05) is 36.5 Å². The molecule has 0 aromatic heterocycles. The summed E-state index contributed by atoms with van der Waals surface area (Å²) in [4.78, 5) is 62.5. The normalized spacial score (nSPS) is 24.9. The molecule has 7 heteroatoms. The van der Waals surface area contributed by atoms with Gasteiger partial charge in [-0.05, 0) is 24.3 Å². The van der Waals surface area contributed by atoms with E-state index in [0.717, 1.165) is 11.0 Å². The number of cyclic esters (lactones) is 1. The fourth-order valence-electron chi connectivity index (χ4n) is 3.07. The van der Waals surface area contributed by atoms with Crippen molar-refractivity contribution in [2.24, 2.45) is 0 Å². The number of rotatable bonds is 0. The molecule has 0 N–H and O–H groups in total. The van der Waals surface area contributed by atoms with Gasteiger partial charge in [0.15, 0.2) is 5.78 Å². The van der Waals surface area contributed by atoms with Crippen molar-refractivity contribution in [1.82, 2.24) is 4.90 Å². The largest absolute Gasteiger partial charge is 0.461 e. The number of Topliss-reactive ketones (excluding diaryl/α,β-unsaturated/α-hetero) is 1. The monoisotopic (exact) mass is 537 g/mol. The Morgan fingerprint density at radius 1 is 0.575 bits per heavy atom. The minimum Gasteiger partial charge on any atom is -0.461 e. The van der Waals surface area contributed by atoms with Crippen LogP contribution < -0.4 is 0 Å². The number of nitrogens with zero attached hydrogens (tertiary/aromatic N) is 1. The molecule has 2 aliphatic rings. The van der Waals surface area contributed by atoms with E-state index in [4.69, 9.17) is 4.74 Å². The van der Waals surface area contributed by atoms with Crippen molar-refractivity contribution in [1.29, 1.82) is 0 Å². The first-order valence-electron chi connectivity index (χ1n) is 12.6. The summed E-state index contributed by atoms with van der Waals surface area (Å²) < 4.78 is 5.17. The number of amides is 1. The zero-order valence-corrected chi connectivity index (χ0v) is 22.0. The van der Waals surface area contributed by atoms with Crippen molar-refractivity contribution >= 4 is 29.2 Å². The number of hydrogen-bond acceptors (Lipinski definition) is 6. The van der Waals surface area contributed by atoms with Crippen molar-refractivity contribution < 1.29 is 28.7 Å². The molecule has 0 radical (unpaired) electrons. The van der Waals surface area contributed by atoms with Gasteiger partial charge in [-0.15, -0.1) is 0 Å². The fourth-order valence-corrected chi connectivity index (χ4v) is 3.07. The number of allylic oxidation sites excluding steroid dienone is 21. The predicted molar refractivity (Wildman–Crippen MR) is 156 cm³/mol. The average molecular weight is 538 g/mol. The average Bonchev–Trinajstić information content (AvgIpc) is 2.95. The van der Waals surface area contributed by atoms with Crippen molar-refractivity contribution in [3.8, 4) is 0 Å². The Morgan fingerprint density at radius 2 is 1.10 bits per heavy atom. The Bertz CT molecular complexity index is 1310. The van der Waals surface area contributed by atoms with Crippen molar-refractivity contribution in [2.45, 2.75) is 12.8 Å². The molecule has 1 amide bonds. The number of esters is 1. The SMILES string of the molecule is O=C1C=CC=CCC(=O)CCOC(=O)C2=CC=CCN2C(=O)C(=O)/C=C/C=C\C=C/C=C\C=C/C=C\C=C/C=C\1. The molecular weight excluding hydrogens is 506 g/mol. The summed E-state index contributed by atoms with van der Waals surface area (Å²) in [6.07, 6.45) is 37.9. The minimum absolute atomic E-state index is 0.0205. The molecule has 0 atom stereocenters. The highest BCUT2D eigenvalue weighted by atomic mass is 16.5. The highest BCUT2D eigenvalue weighted by Gasteiger charge is 2.28. The summed E-state index contributed by atoms with van der Waals surface area (Å²) in [5.74, 6) is -2.83. The lowest BCUT2D eigenvalue weighted by Crippen LogP contribution is -2.39. The van der Waals surface area contributed by atoms with Gasteiger partial charge in [-0.2, -0.15) is 0 Å². The molecule has 0 spiro atoms. The van der Waals surface area contributed by atoms with E-state index in [-0.39, 0.29) is 43.3 Å². The standard InChI is InChI=1S/C33H31NO6/c35-28-20-14-11-9-7-5-3-1-2-4-6-8-10-12-17-24-31(37)32(38)34-26-19-18-23-30(34)33(39)40-27-25-29(36)22-16-13-15-21-28/h1-21,23-24H,22,25-27H2/b3-1-,4-2-,7-5-,8-6-,11-9-,12-10-,16-13?,20-14-,21-15?,24-17+. The van der Waals surface area contributed by atoms with Gasteiger partial charge in [0.05, 0.1) is 6.61 Å². The van der Waals surface area contributed by atoms with Gasteiger partial charge >= 0.3 is 5.97 Å². The third-order valence-electron chi connectivity index (χ3n) is 5.05. The lowest BCUT2D eigenvalue weighted by molar-refractivity contribution is -0.147. The quantitative estimate of drug-likeness (QED) is 0.323. The Kier molecular flexibility index (Phi) is 14.7. The first kappa shape index (κ1) is 31.1. The van der Waals surface area contributed by atoms with E-state index in [0.29, 0.717) is 0 Å². The molecule has 0 saturated heterocycles. The predicted octanol–water partition coefficient (Wildman–Crippen LogP) is 4.88. The number of hydrogen-bond donors (Lipinski definition) is 0. The molecule has 0 saturated carbocycles. The summed E-state index contributed by atoms with van der Waals surface area (Å²) >= 11 is 0. The molecule has 0 unspecified atom stereocenters. The molecule has 0 aromatic carbocycles. The molecular formula is C33H31NO6. The molecule has 2 rings (SSSR count). The fraction of sp³-hybridized carbons (Fsp3) is 0.121. The van der Waals surface area contributed by atoms with Crippen molar-refractivity contribution in [3.05, 3.63) is 145 Å². The van der Waals surface area contributed by atoms with Crippen LogP contribution in [0.2, 0.25) is 0 Å². The second kappa shape index (κ2) is 19.0. The first-order valence-corrected chi connectivity index (χ1v) is 12.6. The summed E-state index contributed by atoms with van der Waals surface area (Å²) in [7, 11) is 0. The van der Waals surface area contributed by atoms with E-state index in [9.17, 15) is 24.0 Å². The van der Waals surface area contributed by atoms with Gasteiger partial charge in [0.2, 0.25) is 5.78 Å². The molecule has 2 aliphatic heterocycles. The van der Waals surface area contributed by atoms with E-state index in [2.05, 4.69) is 0 Å². The van der Waals surface area contributed by atoms with Crippen LogP contribution in [0.15, 0.2) is 145 Å². The van der Waals surface area contributed by atoms with E-state index in [1.165, 1.54) is 24.3 Å². The summed E-state index contributed by atoms with van der Waals surface area (Å²) in [5.41, 5.74) is -0.0777. The molecule has 0 aromatic rings. The van der Waals surface area contributed by atoms with Gasteiger partial charge in [-0.25, -0.2) is 4.79 Å². The van der Waals surface area contributed by atoms with Crippen LogP contribution in [0.3, 0.4) is 0 Å². The third-order valence-corrected chi connectivity index (χ3v) is 5.05. The van der Waals surface area contributed by atoms with Gasteiger partial charge in [-0.3, -0.25) is 24.1 Å². The number of ketones is 3. The highest BCUT2D eigenvalue weighted by Crippen LogP contribution is 2.13. The maximum absolute atomic E-state index is 12.7. The summed E-state index contributed by atoms with van der Waals surface area (Å²) in [5, 5.41) is 0. The number of carbonyl (C=O) groups excluding carboxylic acids is 5. The summed E-state index contributed by atoms with van der Waals surface area (Å²) in [6.45, 7) is -0.131. The Hall–Kier alpha value is -5.17. The van der Waals surface area contributed by atoms with Crippen LogP contribution in [-0.2, 0) is 28.7 Å². The molecule has 40 heavy (non-hydrogen) atoms. The van der Waals surface area contributed by atoms with Gasteiger partial charge in [0.1, 0.15) is 11.5 Å². The maximum atomic E-state index is 12.7. The zero-order valence-electron chi connectivity index (χ0n) is 22.0. The maximum Gasteiger partial charge on any atom is 0.355 e. The second-order valence-electron chi connectivity index (χ2n) is 8.11. The third kappa shape index (κ3) is 12.9. The lowest BCUT2D eigenvalue weighted by Gasteiger charge is -2.23. The smallest absolute Gasteiger partial charge is 0.355 e. The van der Waals surface area contributed by atoms with E-state index >= 15 is 0 Å². The molecule has 2 heterocycles. The Balaban J connectivity index is 2.09. The van der Waals surface area contributed by atoms with E-state index < -0.39 is 17.7 Å². The lowest BCUT2D eigenvalue weighted by atomic mass is 10.2. The Labute approximate surface area is 234 Å². The highest BCUT2D eigenvalue weighted by molar-refractivity contribution is 6.41. The molecule has 0 fully saturated rings. The van der Waals surface area contributed by atoms with Crippen molar-refractivity contribution in [3.63, 3.8) is 0 Å². The van der Waals surface area contributed by atoms with Crippen LogP contribution in [-0.4, -0.2) is 47.3 Å². The molecule has 7 nitrogen and oxygen atoms in total. The Morgan fingerprint density at radius 3 is 1.70 bits per heavy atom. The van der Waals surface area contributed by atoms with Gasteiger partial charge in [0, 0.05) is 19.4 Å². The van der Waals surface area contributed by atoms with Crippen LogP contribution in [0.1, 0.15) is 12.8 Å². The van der Waals surface area contributed by atoms with Crippen molar-refractivity contribution in [2.75, 3.05) is 13.2 Å². The van der Waals surface area contributed by atoms with Crippen LogP contribution in [0.25, 0.3) is 0 Å². The minimum atomic E-state index is -0.870. The summed E-state index contributed by atoms with van der Waals surface area (Å²) in [6, 6.07) is 0. The van der Waals surface area contributed by atoms with Gasteiger partial charge < -0.3 is 4.74 Å². The van der Waals surface area contributed by atoms with Gasteiger partial charge in [0.25, 0.3) is 5.91 Å². The van der Waals surface area contributed by atoms with Crippen LogP contribution in [0.5, 0.6) is 0 Å². The first-order chi connectivity index (χ1) is 19.5. The number of fused-ring (bicyclic) bond motifs is 1. The number of ether oxygens (including phenoxy) is 1. The van der Waals surface area contributed by atoms with E-state index in [1.54, 1.807) is 72.9 Å². The van der Waals surface area contributed by atoms with Crippen LogP contribution >= 0.6 is 0 Å². The topological polar surface area (TPSA) is 97.8 Å². The number of carbonyl (C=O) groups is 5.